The van der Waals surface area contributed by atoms with Gasteiger partial charge in [-0.3, -0.25) is 38.2 Å². The number of hydrogen-bond donors (Lipinski definition) is 8. The summed E-state index contributed by atoms with van der Waals surface area (Å²) in [4.78, 5) is 88.2. The van der Waals surface area contributed by atoms with Gasteiger partial charge in [-0.15, -0.1) is 0 Å². The van der Waals surface area contributed by atoms with Gasteiger partial charge in [0.15, 0.2) is 12.7 Å². The van der Waals surface area contributed by atoms with Crippen molar-refractivity contribution in [3.05, 3.63) is 33.4 Å². The van der Waals surface area contributed by atoms with Crippen LogP contribution in [-0.4, -0.2) is 134 Å². The van der Waals surface area contributed by atoms with Crippen LogP contribution in [0.4, 0.5) is 11.9 Å². The normalized spacial score (nSPS) is 26.7. The molecule has 2 aliphatic rings. The van der Waals surface area contributed by atoms with Gasteiger partial charge < -0.3 is 92.5 Å². The largest absolute Gasteiger partial charge is 0.790 e. The topological polar surface area (TPSA) is 459 Å². The van der Waals surface area contributed by atoms with E-state index >= 15 is 0 Å². The minimum atomic E-state index is -5.97. The predicted molar refractivity (Wildman–Crippen MR) is 193 cm³/mol. The fraction of sp³-hybridized carbons (Fsp3) is 0.643. The summed E-state index contributed by atoms with van der Waals surface area (Å²) in [6.07, 6.45) is -11.8. The van der Waals surface area contributed by atoms with Crippen LogP contribution in [0.25, 0.3) is 22.3 Å². The van der Waals surface area contributed by atoms with E-state index in [0.717, 1.165) is 4.57 Å². The van der Waals surface area contributed by atoms with Crippen molar-refractivity contribution in [2.45, 2.75) is 62.6 Å². The first-order valence-electron chi connectivity index (χ1n) is 17.5. The number of phosphoric acid groups is 3. The fourth-order valence-electron chi connectivity index (χ4n) is 6.31. The van der Waals surface area contributed by atoms with Gasteiger partial charge in [0, 0.05) is 7.11 Å². The smallest absolute Gasteiger partial charge is 0.313 e. The second-order valence-electron chi connectivity index (χ2n) is 13.3. The zero-order valence-corrected chi connectivity index (χ0v) is 34.2. The molecule has 0 bridgehead atoms. The number of aliphatic hydroxyl groups is 3. The molecule has 0 aliphatic carbocycles. The Labute approximate surface area is 347 Å². The molecule has 34 heteroatoms. The van der Waals surface area contributed by atoms with Gasteiger partial charge in [-0.25, -0.2) is 9.13 Å². The average Bonchev–Trinajstić information content (AvgIpc) is 3.90. The SMILES string of the molecule is C.COCCO[C@@H]1[C@H](O)[C@@H](COP(=O)([O-])OCC(COP(=O)([O-])OC[C@H]2O[C@@H]([n+]3c[nH]c4c(=O)[nH]c(N)nc43)[C@H](O)[C@@H]2O)OP(=O)([O-])[O-])O[C@H]1[n+]1cn(C)c2c(=O)[nH]c(N)nc21. The minimum absolute atomic E-state index is 0. The number of methoxy groups -OCH3 is 1. The summed E-state index contributed by atoms with van der Waals surface area (Å²) in [5.41, 5.74) is 9.93. The molecule has 6 rings (SSSR count). The van der Waals surface area contributed by atoms with Crippen molar-refractivity contribution in [3.8, 4) is 0 Å². The van der Waals surface area contributed by atoms with E-state index in [9.17, 15) is 58.2 Å². The van der Waals surface area contributed by atoms with Crippen molar-refractivity contribution in [2.75, 3.05) is 58.2 Å². The van der Waals surface area contributed by atoms with Gasteiger partial charge in [-0.05, 0) is 0 Å². The summed E-state index contributed by atoms with van der Waals surface area (Å²) < 4.78 is 85.7. The first-order chi connectivity index (χ1) is 28.6. The highest BCUT2D eigenvalue weighted by atomic mass is 31.2. The second-order valence-corrected chi connectivity index (χ2v) is 17.2. The van der Waals surface area contributed by atoms with Gasteiger partial charge in [0.05, 0.1) is 54.5 Å². The zero-order chi connectivity index (χ0) is 44.6. The quantitative estimate of drug-likeness (QED) is 0.0232. The monoisotopic (exact) mass is 948 g/mol. The molecule has 0 saturated carbocycles. The molecule has 11 atom stereocenters. The molecule has 2 saturated heterocycles. The third-order valence-electron chi connectivity index (χ3n) is 9.01. The molecule has 4 aromatic rings. The summed E-state index contributed by atoms with van der Waals surface area (Å²) in [5, 5.41) is 32.2. The van der Waals surface area contributed by atoms with Gasteiger partial charge in [0.25, 0.3) is 38.7 Å². The van der Waals surface area contributed by atoms with Crippen LogP contribution in [0.2, 0.25) is 0 Å². The minimum Gasteiger partial charge on any atom is -0.790 e. The van der Waals surface area contributed by atoms with Crippen molar-refractivity contribution in [1.29, 1.82) is 0 Å². The van der Waals surface area contributed by atoms with Gasteiger partial charge in [0.1, 0.15) is 42.7 Å². The van der Waals surface area contributed by atoms with Gasteiger partial charge in [-0.1, -0.05) is 17.4 Å². The van der Waals surface area contributed by atoms with Crippen LogP contribution in [0.1, 0.15) is 19.9 Å². The molecule has 3 unspecified atom stereocenters. The molecule has 31 nitrogen and oxygen atoms in total. The van der Waals surface area contributed by atoms with E-state index in [4.69, 9.17) is 39.5 Å². The van der Waals surface area contributed by atoms with Crippen molar-refractivity contribution >= 4 is 57.7 Å². The number of nitrogens with zero attached hydrogens (tertiary/aromatic N) is 5. The van der Waals surface area contributed by atoms with Crippen LogP contribution in [-0.2, 0) is 62.3 Å². The molecular formula is C28H43N10O21P3-2. The number of anilines is 2. The van der Waals surface area contributed by atoms with Gasteiger partial charge >= 0.3 is 11.3 Å². The van der Waals surface area contributed by atoms with Crippen LogP contribution < -0.4 is 51.3 Å². The highest BCUT2D eigenvalue weighted by molar-refractivity contribution is 7.46. The lowest BCUT2D eigenvalue weighted by atomic mass is 10.1. The number of hydrogen-bond acceptors (Lipinski definition) is 25. The van der Waals surface area contributed by atoms with E-state index in [2.05, 4.69) is 38.5 Å². The molecule has 2 fully saturated rings. The molecule has 10 N–H and O–H groups in total. The number of nitrogens with one attached hydrogen (secondary N) is 3. The fourth-order valence-corrected chi connectivity index (χ4v) is 8.30. The summed E-state index contributed by atoms with van der Waals surface area (Å²) in [7, 11) is -14.1. The first kappa shape index (κ1) is 49.4. The maximum Gasteiger partial charge on any atom is 0.313 e. The van der Waals surface area contributed by atoms with E-state index in [1.165, 1.54) is 35.9 Å². The molecule has 0 aromatic carbocycles. The van der Waals surface area contributed by atoms with E-state index in [1.807, 2.05) is 0 Å². The Bertz CT molecular complexity index is 2460. The zero-order valence-electron chi connectivity index (χ0n) is 31.5. The Kier molecular flexibility index (Phi) is 15.6. The number of nitrogen functional groups attached to an aromatic ring is 2. The second kappa shape index (κ2) is 19.6. The maximum atomic E-state index is 12.8. The Morgan fingerprint density at radius 3 is 2.00 bits per heavy atom. The summed E-state index contributed by atoms with van der Waals surface area (Å²) in [6.45, 7) is -4.75. The lowest BCUT2D eigenvalue weighted by Crippen LogP contribution is -2.47. The number of aliphatic hydroxyl groups excluding tert-OH is 3. The van der Waals surface area contributed by atoms with E-state index in [0.29, 0.717) is 0 Å². The number of imidazole rings is 2. The third-order valence-corrected chi connectivity index (χ3v) is 11.4. The van der Waals surface area contributed by atoms with Crippen LogP contribution in [0.15, 0.2) is 22.2 Å². The van der Waals surface area contributed by atoms with Crippen molar-refractivity contribution < 1.29 is 99.3 Å². The average molecular weight is 949 g/mol. The van der Waals surface area contributed by atoms with Crippen LogP contribution in [0, 0.1) is 0 Å². The highest BCUT2D eigenvalue weighted by Gasteiger charge is 2.50. The van der Waals surface area contributed by atoms with Crippen LogP contribution in [0.5, 0.6) is 0 Å². The van der Waals surface area contributed by atoms with Gasteiger partial charge in [0.2, 0.25) is 23.5 Å². The van der Waals surface area contributed by atoms with Crippen LogP contribution >= 0.6 is 23.5 Å². The molecule has 0 spiro atoms. The number of rotatable bonds is 20. The molecule has 4 aromatic heterocycles. The predicted octanol–water partition coefficient (Wildman–Crippen LogP) is -6.97. The summed E-state index contributed by atoms with van der Waals surface area (Å²) >= 11 is 0. The number of aryl methyl sites for hydroxylation is 1. The van der Waals surface area contributed by atoms with Crippen molar-refractivity contribution in [1.82, 2.24) is 29.5 Å². The highest BCUT2D eigenvalue weighted by Crippen LogP contribution is 2.43. The summed E-state index contributed by atoms with van der Waals surface area (Å²) in [5.74, 6) is -0.540. The van der Waals surface area contributed by atoms with Crippen molar-refractivity contribution in [2.24, 2.45) is 7.05 Å². The van der Waals surface area contributed by atoms with E-state index in [1.54, 1.807) is 0 Å². The maximum absolute atomic E-state index is 12.8. The van der Waals surface area contributed by atoms with Crippen molar-refractivity contribution in [3.63, 3.8) is 0 Å². The first-order valence-corrected chi connectivity index (χ1v) is 21.9. The van der Waals surface area contributed by atoms with E-state index in [-0.39, 0.29) is 54.9 Å². The Balaban J connectivity index is 0.00000726. The molecular weight excluding hydrogens is 905 g/mol. The molecule has 348 valence electrons. The number of phosphoric ester groups is 3. The Hall–Kier alpha value is -3.65. The number of H-pyrrole nitrogens is 3. The molecule has 0 amide bonds. The molecule has 0 radical (unpaired) electrons. The molecule has 6 heterocycles. The number of ether oxygens (including phenoxy) is 4. The molecule has 2 aliphatic heterocycles. The third kappa shape index (κ3) is 11.3. The lowest BCUT2D eigenvalue weighted by Gasteiger charge is -2.35. The Morgan fingerprint density at radius 2 is 1.40 bits per heavy atom. The standard InChI is InChI=1S/C27H41N10O21P3.CH4/c1-35-10-37(21-15(35)23(42)34-27(29)32-21)25-19(51-4-3-50-2)17(39)13(57-25)8-55-61(48,49)53-6-11(58-59(43,44)45)5-52-60(46,47)54-7-12-16(38)18(40)24(56-12)36-9-30-14-20(36)31-26(28)33-22(14)41;/h9-13,16-19,24-25,38-40H,3-8H2,1-2H3,(H9-,28,29,31,32,33,34,41,42,43,44,45,46,47,48,49);1H4/p-2/t11?,12-,13-,16-,17-,18-,19-,24-,25-;/m1./s1. The number of aromatic amines is 3. The number of aromatic nitrogens is 8. The Morgan fingerprint density at radius 1 is 0.839 bits per heavy atom. The lowest BCUT2D eigenvalue weighted by molar-refractivity contribution is -0.746. The van der Waals surface area contributed by atoms with E-state index < -0.39 is 116 Å². The summed E-state index contributed by atoms with van der Waals surface area (Å²) in [6, 6.07) is 0. The van der Waals surface area contributed by atoms with Crippen LogP contribution in [0.3, 0.4) is 0 Å². The van der Waals surface area contributed by atoms with Gasteiger partial charge in [-0.2, -0.15) is 0 Å². The number of fused-ring (bicyclic) bond motifs is 2. The number of nitrogens with two attached hydrogens (primary N) is 2. The molecule has 62 heavy (non-hydrogen) atoms.